The molecule has 0 saturated heterocycles. The maximum absolute atomic E-state index is 13.8. The Bertz CT molecular complexity index is 682. The first-order valence-corrected chi connectivity index (χ1v) is 8.31. The standard InChI is InChI=1S/C17H21F2N3S/c1-11-6-7-23-16(11)10-22-17(20-3)21-9-12(2)14-5-4-13(18)8-15(14)19/h4-8,12H,9-10H2,1-3H3,(H2,20,21,22). The van der Waals surface area contributed by atoms with Crippen molar-refractivity contribution in [3.8, 4) is 0 Å². The SMILES string of the molecule is CN=C(NCc1sccc1C)NCC(C)c1ccc(F)cc1F. The number of guanidine groups is 1. The fraction of sp³-hybridized carbons (Fsp3) is 0.353. The van der Waals surface area contributed by atoms with Gasteiger partial charge in [0.25, 0.3) is 0 Å². The van der Waals surface area contributed by atoms with Crippen molar-refractivity contribution in [3.05, 3.63) is 57.3 Å². The number of nitrogens with zero attached hydrogens (tertiary/aromatic N) is 1. The van der Waals surface area contributed by atoms with Gasteiger partial charge in [0.15, 0.2) is 5.96 Å². The van der Waals surface area contributed by atoms with Crippen molar-refractivity contribution in [3.63, 3.8) is 0 Å². The lowest BCUT2D eigenvalue weighted by molar-refractivity contribution is 0.556. The van der Waals surface area contributed by atoms with Crippen LogP contribution in [0.1, 0.15) is 28.8 Å². The van der Waals surface area contributed by atoms with E-state index in [0.29, 0.717) is 24.6 Å². The minimum atomic E-state index is -0.560. The fourth-order valence-corrected chi connectivity index (χ4v) is 3.08. The molecule has 124 valence electrons. The molecule has 1 unspecified atom stereocenters. The van der Waals surface area contributed by atoms with Crippen molar-refractivity contribution in [1.82, 2.24) is 10.6 Å². The molecule has 2 aromatic rings. The molecule has 0 bridgehead atoms. The molecule has 6 heteroatoms. The third-order valence-corrected chi connectivity index (χ3v) is 4.70. The lowest BCUT2D eigenvalue weighted by atomic mass is 10.0. The highest BCUT2D eigenvalue weighted by molar-refractivity contribution is 7.10. The summed E-state index contributed by atoms with van der Waals surface area (Å²) >= 11 is 1.70. The topological polar surface area (TPSA) is 36.4 Å². The predicted octanol–water partition coefficient (Wildman–Crippen LogP) is 3.80. The van der Waals surface area contributed by atoms with E-state index in [1.54, 1.807) is 18.4 Å². The number of aryl methyl sites for hydroxylation is 1. The van der Waals surface area contributed by atoms with Crippen LogP contribution in [0.4, 0.5) is 8.78 Å². The Morgan fingerprint density at radius 3 is 2.65 bits per heavy atom. The van der Waals surface area contributed by atoms with Gasteiger partial charge in [0.1, 0.15) is 11.6 Å². The van der Waals surface area contributed by atoms with E-state index >= 15 is 0 Å². The maximum Gasteiger partial charge on any atom is 0.191 e. The monoisotopic (exact) mass is 337 g/mol. The van der Waals surface area contributed by atoms with Gasteiger partial charge in [0, 0.05) is 30.5 Å². The van der Waals surface area contributed by atoms with Crippen LogP contribution in [0.5, 0.6) is 0 Å². The van der Waals surface area contributed by atoms with Crippen molar-refractivity contribution in [2.45, 2.75) is 26.3 Å². The number of nitrogens with one attached hydrogen (secondary N) is 2. The van der Waals surface area contributed by atoms with Gasteiger partial charge >= 0.3 is 0 Å². The zero-order chi connectivity index (χ0) is 16.8. The highest BCUT2D eigenvalue weighted by Crippen LogP contribution is 2.19. The van der Waals surface area contributed by atoms with Gasteiger partial charge in [-0.25, -0.2) is 8.78 Å². The largest absolute Gasteiger partial charge is 0.356 e. The molecule has 2 N–H and O–H groups in total. The number of aliphatic imine (C=N–C) groups is 1. The summed E-state index contributed by atoms with van der Waals surface area (Å²) in [6.45, 7) is 5.16. The number of rotatable bonds is 5. The van der Waals surface area contributed by atoms with Gasteiger partial charge in [-0.05, 0) is 35.6 Å². The zero-order valence-electron chi connectivity index (χ0n) is 13.5. The molecule has 1 aromatic carbocycles. The molecule has 23 heavy (non-hydrogen) atoms. The van der Waals surface area contributed by atoms with Crippen LogP contribution in [-0.4, -0.2) is 19.6 Å². The summed E-state index contributed by atoms with van der Waals surface area (Å²) in [6.07, 6.45) is 0. The van der Waals surface area contributed by atoms with Crippen LogP contribution in [0.25, 0.3) is 0 Å². The third kappa shape index (κ3) is 4.76. The van der Waals surface area contributed by atoms with Crippen molar-refractivity contribution in [2.75, 3.05) is 13.6 Å². The number of thiophene rings is 1. The number of benzene rings is 1. The van der Waals surface area contributed by atoms with Crippen molar-refractivity contribution < 1.29 is 8.78 Å². The Morgan fingerprint density at radius 2 is 2.04 bits per heavy atom. The summed E-state index contributed by atoms with van der Waals surface area (Å²) in [5.74, 6) is -0.517. The summed E-state index contributed by atoms with van der Waals surface area (Å²) in [4.78, 5) is 5.42. The molecule has 0 aliphatic carbocycles. The van der Waals surface area contributed by atoms with Crippen LogP contribution in [0, 0.1) is 18.6 Å². The number of hydrogen-bond acceptors (Lipinski definition) is 2. The molecular weight excluding hydrogens is 316 g/mol. The highest BCUT2D eigenvalue weighted by Gasteiger charge is 2.12. The van der Waals surface area contributed by atoms with Gasteiger partial charge in [0.05, 0.1) is 6.54 Å². The molecule has 0 spiro atoms. The van der Waals surface area contributed by atoms with Gasteiger partial charge in [0.2, 0.25) is 0 Å². The van der Waals surface area contributed by atoms with E-state index in [2.05, 4.69) is 34.0 Å². The molecule has 2 rings (SSSR count). The summed E-state index contributed by atoms with van der Waals surface area (Å²) in [7, 11) is 1.69. The zero-order valence-corrected chi connectivity index (χ0v) is 14.3. The van der Waals surface area contributed by atoms with E-state index in [-0.39, 0.29) is 5.92 Å². The average molecular weight is 337 g/mol. The average Bonchev–Trinajstić information content (AvgIpc) is 2.92. The van der Waals surface area contributed by atoms with Gasteiger partial charge in [-0.2, -0.15) is 0 Å². The van der Waals surface area contributed by atoms with Crippen LogP contribution in [0.2, 0.25) is 0 Å². The molecule has 3 nitrogen and oxygen atoms in total. The van der Waals surface area contributed by atoms with E-state index in [9.17, 15) is 8.78 Å². The predicted molar refractivity (Wildman–Crippen MR) is 92.0 cm³/mol. The summed E-state index contributed by atoms with van der Waals surface area (Å²) in [6, 6.07) is 5.76. The van der Waals surface area contributed by atoms with Crippen molar-refractivity contribution in [2.24, 2.45) is 4.99 Å². The van der Waals surface area contributed by atoms with Crippen LogP contribution in [-0.2, 0) is 6.54 Å². The second kappa shape index (κ2) is 8.06. The van der Waals surface area contributed by atoms with E-state index in [4.69, 9.17) is 0 Å². The lowest BCUT2D eigenvalue weighted by Crippen LogP contribution is -2.38. The van der Waals surface area contributed by atoms with Gasteiger partial charge in [-0.3, -0.25) is 4.99 Å². The molecule has 0 aliphatic heterocycles. The third-order valence-electron chi connectivity index (χ3n) is 3.68. The summed E-state index contributed by atoms with van der Waals surface area (Å²) < 4.78 is 26.7. The van der Waals surface area contributed by atoms with Crippen LogP contribution in [0.3, 0.4) is 0 Å². The second-order valence-electron chi connectivity index (χ2n) is 5.40. The minimum Gasteiger partial charge on any atom is -0.356 e. The minimum absolute atomic E-state index is 0.0994. The highest BCUT2D eigenvalue weighted by atomic mass is 32.1. The van der Waals surface area contributed by atoms with E-state index in [0.717, 1.165) is 6.07 Å². The van der Waals surface area contributed by atoms with Gasteiger partial charge in [-0.15, -0.1) is 11.3 Å². The Kier molecular flexibility index (Phi) is 6.10. The van der Waals surface area contributed by atoms with Crippen molar-refractivity contribution in [1.29, 1.82) is 0 Å². The number of hydrogen-bond donors (Lipinski definition) is 2. The van der Waals surface area contributed by atoms with E-state index < -0.39 is 11.6 Å². The van der Waals surface area contributed by atoms with Gasteiger partial charge < -0.3 is 10.6 Å². The smallest absolute Gasteiger partial charge is 0.191 e. The lowest BCUT2D eigenvalue weighted by Gasteiger charge is -2.17. The molecule has 0 aliphatic rings. The van der Waals surface area contributed by atoms with E-state index in [1.807, 2.05) is 6.92 Å². The fourth-order valence-electron chi connectivity index (χ4n) is 2.23. The normalized spacial score (nSPS) is 13.0. The molecular formula is C17H21F2N3S. The summed E-state index contributed by atoms with van der Waals surface area (Å²) in [5.41, 5.74) is 1.74. The molecule has 0 fully saturated rings. The Labute approximate surface area is 139 Å². The molecule has 1 aromatic heterocycles. The molecule has 0 amide bonds. The number of halogens is 2. The van der Waals surface area contributed by atoms with Crippen LogP contribution in [0.15, 0.2) is 34.6 Å². The molecule has 1 atom stereocenters. The molecule has 1 heterocycles. The van der Waals surface area contributed by atoms with Crippen LogP contribution < -0.4 is 10.6 Å². The van der Waals surface area contributed by atoms with Crippen LogP contribution >= 0.6 is 11.3 Å². The first-order valence-electron chi connectivity index (χ1n) is 7.43. The first kappa shape index (κ1) is 17.4. The van der Waals surface area contributed by atoms with Gasteiger partial charge in [-0.1, -0.05) is 13.0 Å². The first-order chi connectivity index (χ1) is 11.0. The molecule has 0 radical (unpaired) electrons. The maximum atomic E-state index is 13.8. The Balaban J connectivity index is 1.88. The van der Waals surface area contributed by atoms with Crippen molar-refractivity contribution >= 4 is 17.3 Å². The summed E-state index contributed by atoms with van der Waals surface area (Å²) in [5, 5.41) is 8.47. The second-order valence-corrected chi connectivity index (χ2v) is 6.40. The van der Waals surface area contributed by atoms with E-state index in [1.165, 1.54) is 22.6 Å². The Hall–Kier alpha value is -1.95. The molecule has 0 saturated carbocycles. The quantitative estimate of drug-likeness (QED) is 0.643. The Morgan fingerprint density at radius 1 is 1.26 bits per heavy atom.